The Labute approximate surface area is 322 Å². The quantitative estimate of drug-likeness (QED) is 0.160. The van der Waals surface area contributed by atoms with E-state index in [0.717, 1.165) is 28.3 Å². The van der Waals surface area contributed by atoms with Crippen molar-refractivity contribution >= 4 is 44.9 Å². The third kappa shape index (κ3) is 5.41. The van der Waals surface area contributed by atoms with Crippen LogP contribution in [0.3, 0.4) is 0 Å². The Balaban J connectivity index is 1.06. The minimum Gasteiger partial charge on any atom is -0.310 e. The summed E-state index contributed by atoms with van der Waals surface area (Å²) < 4.78 is 2.36. The Morgan fingerprint density at radius 1 is 0.455 bits per heavy atom. The molecule has 0 saturated carbocycles. The van der Waals surface area contributed by atoms with Crippen LogP contribution in [-0.4, -0.2) is 4.57 Å². The van der Waals surface area contributed by atoms with Crippen LogP contribution in [0.15, 0.2) is 195 Å². The number of rotatable bonds is 7. The lowest BCUT2D eigenvalue weighted by Gasteiger charge is -2.28. The molecule has 0 amide bonds. The van der Waals surface area contributed by atoms with E-state index >= 15 is 0 Å². The average Bonchev–Trinajstić information content (AvgIpc) is 3.69. The van der Waals surface area contributed by atoms with Crippen LogP contribution < -0.4 is 4.90 Å². The lowest BCUT2D eigenvalue weighted by molar-refractivity contribution is 0.660. The zero-order valence-corrected chi connectivity index (χ0v) is 31.1. The van der Waals surface area contributed by atoms with Crippen LogP contribution >= 0.6 is 0 Å². The molecule has 0 bridgehead atoms. The van der Waals surface area contributed by atoms with Crippen molar-refractivity contribution in [2.45, 2.75) is 19.3 Å². The van der Waals surface area contributed by atoms with Crippen molar-refractivity contribution in [2.75, 3.05) is 4.90 Å². The predicted octanol–water partition coefficient (Wildman–Crippen LogP) is 14.5. The van der Waals surface area contributed by atoms with Gasteiger partial charge >= 0.3 is 0 Å². The molecule has 8 aromatic carbocycles. The summed E-state index contributed by atoms with van der Waals surface area (Å²) in [6.07, 6.45) is 1.89. The first-order valence-electron chi connectivity index (χ1n) is 19.0. The zero-order chi connectivity index (χ0) is 37.1. The number of fused-ring (bicyclic) bond motifs is 6. The monoisotopic (exact) mass is 704 g/mol. The largest absolute Gasteiger partial charge is 0.310 e. The van der Waals surface area contributed by atoms with E-state index in [0.29, 0.717) is 0 Å². The van der Waals surface area contributed by atoms with Gasteiger partial charge in [-0.05, 0) is 117 Å². The molecule has 0 saturated heterocycles. The number of benzene rings is 8. The molecule has 2 nitrogen and oxygen atoms in total. The minimum atomic E-state index is -0.0918. The summed E-state index contributed by atoms with van der Waals surface area (Å²) in [6, 6.07) is 68.7. The van der Waals surface area contributed by atoms with Crippen LogP contribution in [0, 0.1) is 0 Å². The maximum atomic E-state index is 3.94. The van der Waals surface area contributed by atoms with Crippen LogP contribution in [0.2, 0.25) is 0 Å². The Bertz CT molecular complexity index is 2880. The van der Waals surface area contributed by atoms with E-state index in [-0.39, 0.29) is 5.41 Å². The van der Waals surface area contributed by atoms with Gasteiger partial charge in [-0.15, -0.1) is 0 Å². The molecule has 1 aromatic heterocycles. The Morgan fingerprint density at radius 3 is 1.75 bits per heavy atom. The van der Waals surface area contributed by atoms with Crippen LogP contribution in [0.25, 0.3) is 66.9 Å². The molecule has 1 aliphatic rings. The van der Waals surface area contributed by atoms with Crippen molar-refractivity contribution < 1.29 is 0 Å². The summed E-state index contributed by atoms with van der Waals surface area (Å²) in [7, 11) is 0. The van der Waals surface area contributed by atoms with Gasteiger partial charge in [0.15, 0.2) is 0 Å². The van der Waals surface area contributed by atoms with E-state index in [4.69, 9.17) is 0 Å². The van der Waals surface area contributed by atoms with Gasteiger partial charge in [-0.2, -0.15) is 0 Å². The summed E-state index contributed by atoms with van der Waals surface area (Å²) in [4.78, 5) is 2.40. The molecule has 0 N–H and O–H groups in total. The van der Waals surface area contributed by atoms with Gasteiger partial charge in [-0.1, -0.05) is 148 Å². The summed E-state index contributed by atoms with van der Waals surface area (Å²) in [5, 5.41) is 2.49. The second-order valence-corrected chi connectivity index (χ2v) is 15.1. The van der Waals surface area contributed by atoms with Gasteiger partial charge in [0, 0.05) is 38.9 Å². The normalized spacial score (nSPS) is 12.8. The summed E-state index contributed by atoms with van der Waals surface area (Å²) in [5.41, 5.74) is 18.1. The van der Waals surface area contributed by atoms with Gasteiger partial charge < -0.3 is 9.47 Å². The molecule has 0 atom stereocenters. The van der Waals surface area contributed by atoms with Gasteiger partial charge in [0.1, 0.15) is 0 Å². The first-order valence-corrected chi connectivity index (χ1v) is 19.0. The highest BCUT2D eigenvalue weighted by Gasteiger charge is 2.35. The van der Waals surface area contributed by atoms with Crippen LogP contribution in [0.1, 0.15) is 30.5 Å². The summed E-state index contributed by atoms with van der Waals surface area (Å²) in [5.74, 6) is 0. The van der Waals surface area contributed by atoms with Crippen molar-refractivity contribution in [1.29, 1.82) is 0 Å². The molecule has 0 aliphatic heterocycles. The first-order chi connectivity index (χ1) is 27.0. The molecule has 55 heavy (non-hydrogen) atoms. The molecule has 0 unspecified atom stereocenters. The fourth-order valence-electron chi connectivity index (χ4n) is 8.71. The molecule has 0 fully saturated rings. The van der Waals surface area contributed by atoms with Gasteiger partial charge in [0.05, 0.1) is 11.0 Å². The van der Waals surface area contributed by atoms with E-state index in [2.05, 4.69) is 218 Å². The standard InChI is InChI=1S/C53H40N2/c1-4-36-18-25-43(26-19-36)55-51-17-11-9-15-47(51)48-34-40(24-33-52(48)55)39-22-29-42(30-23-39)54(41-27-20-38(21-28-41)37-12-6-5-7-13-37)44-31-32-46-45-14-8-10-16-49(45)53(2,3)50(46)35-44/h4-35H,1H2,2-3H3. The van der Waals surface area contributed by atoms with Gasteiger partial charge in [-0.3, -0.25) is 0 Å². The molecule has 0 spiro atoms. The van der Waals surface area contributed by atoms with Crippen LogP contribution in [0.5, 0.6) is 0 Å². The van der Waals surface area contributed by atoms with Gasteiger partial charge in [-0.25, -0.2) is 0 Å². The maximum absolute atomic E-state index is 3.94. The minimum absolute atomic E-state index is 0.0918. The molecule has 10 rings (SSSR count). The van der Waals surface area contributed by atoms with Crippen molar-refractivity contribution in [2.24, 2.45) is 0 Å². The highest BCUT2D eigenvalue weighted by Crippen LogP contribution is 2.50. The summed E-state index contributed by atoms with van der Waals surface area (Å²) in [6.45, 7) is 8.63. The second-order valence-electron chi connectivity index (χ2n) is 15.1. The Morgan fingerprint density at radius 2 is 1.02 bits per heavy atom. The fraction of sp³-hybridized carbons (Fsp3) is 0.0566. The van der Waals surface area contributed by atoms with Crippen LogP contribution in [0.4, 0.5) is 17.1 Å². The number of nitrogens with zero attached hydrogens (tertiary/aromatic N) is 2. The second kappa shape index (κ2) is 12.9. The smallest absolute Gasteiger partial charge is 0.0541 e. The summed E-state index contributed by atoms with van der Waals surface area (Å²) >= 11 is 0. The highest BCUT2D eigenvalue weighted by molar-refractivity contribution is 6.10. The topological polar surface area (TPSA) is 8.17 Å². The molecule has 0 radical (unpaired) electrons. The number of hydrogen-bond acceptors (Lipinski definition) is 1. The van der Waals surface area contributed by atoms with Crippen molar-refractivity contribution in [3.8, 4) is 39.1 Å². The lowest BCUT2D eigenvalue weighted by atomic mass is 9.82. The molecule has 9 aromatic rings. The number of anilines is 3. The van der Waals surface area contributed by atoms with Crippen LogP contribution in [-0.2, 0) is 5.41 Å². The van der Waals surface area contributed by atoms with Crippen molar-refractivity contribution in [3.63, 3.8) is 0 Å². The zero-order valence-electron chi connectivity index (χ0n) is 31.1. The third-order valence-electron chi connectivity index (χ3n) is 11.6. The maximum Gasteiger partial charge on any atom is 0.0541 e. The van der Waals surface area contributed by atoms with E-state index in [9.17, 15) is 0 Å². The van der Waals surface area contributed by atoms with E-state index in [1.54, 1.807) is 0 Å². The highest BCUT2D eigenvalue weighted by atomic mass is 15.1. The molecular weight excluding hydrogens is 665 g/mol. The lowest BCUT2D eigenvalue weighted by Crippen LogP contribution is -2.16. The third-order valence-corrected chi connectivity index (χ3v) is 11.6. The Kier molecular flexibility index (Phi) is 7.67. The number of aromatic nitrogens is 1. The molecular formula is C53H40N2. The predicted molar refractivity (Wildman–Crippen MR) is 234 cm³/mol. The molecule has 1 heterocycles. The fourth-order valence-corrected chi connectivity index (χ4v) is 8.71. The average molecular weight is 705 g/mol. The van der Waals surface area contributed by atoms with Crippen molar-refractivity contribution in [1.82, 2.24) is 4.57 Å². The van der Waals surface area contributed by atoms with Gasteiger partial charge in [0.25, 0.3) is 0 Å². The molecule has 2 heteroatoms. The Hall–Kier alpha value is -6.90. The molecule has 1 aliphatic carbocycles. The van der Waals surface area contributed by atoms with E-state index in [1.807, 2.05) is 6.08 Å². The van der Waals surface area contributed by atoms with Gasteiger partial charge in [0.2, 0.25) is 0 Å². The SMILES string of the molecule is C=Cc1ccc(-n2c3ccccc3c3cc(-c4ccc(N(c5ccc(-c6ccccc6)cc5)c5ccc6c(c5)C(C)(C)c5ccccc5-6)cc4)ccc32)cc1. The van der Waals surface area contributed by atoms with E-state index < -0.39 is 0 Å². The first kappa shape index (κ1) is 32.7. The van der Waals surface area contributed by atoms with E-state index in [1.165, 1.54) is 66.3 Å². The number of para-hydroxylation sites is 1. The number of hydrogen-bond donors (Lipinski definition) is 0. The van der Waals surface area contributed by atoms with Crippen molar-refractivity contribution in [3.05, 3.63) is 211 Å². The molecule has 262 valence electrons.